The van der Waals surface area contributed by atoms with Crippen molar-refractivity contribution in [2.45, 2.75) is 26.7 Å². The molecule has 1 heterocycles. The van der Waals surface area contributed by atoms with Gasteiger partial charge in [0.1, 0.15) is 5.52 Å². The van der Waals surface area contributed by atoms with E-state index in [4.69, 9.17) is 4.42 Å². The Morgan fingerprint density at radius 1 is 1.17 bits per heavy atom. The number of hydrogen-bond donors (Lipinski definition) is 1. The molecule has 0 atom stereocenters. The van der Waals surface area contributed by atoms with E-state index < -0.39 is 0 Å². The van der Waals surface area contributed by atoms with Crippen LogP contribution >= 0.6 is 0 Å². The van der Waals surface area contributed by atoms with Gasteiger partial charge in [0.15, 0.2) is 5.58 Å². The molecule has 0 radical (unpaired) electrons. The lowest BCUT2D eigenvalue weighted by molar-refractivity contribution is -0.117. The molecule has 0 spiro atoms. The van der Waals surface area contributed by atoms with Crippen molar-refractivity contribution < 1.29 is 9.21 Å². The number of benzene rings is 2. The number of carbonyl (C=O) groups excluding carboxylic acids is 1. The molecule has 0 saturated heterocycles. The number of para-hydroxylation sites is 1. The molecule has 4 heteroatoms. The first-order chi connectivity index (χ1) is 11.1. The first-order valence-corrected chi connectivity index (χ1v) is 7.90. The van der Waals surface area contributed by atoms with Crippen LogP contribution in [0.4, 0.5) is 5.69 Å². The second-order valence-electron chi connectivity index (χ2n) is 6.23. The average molecular weight is 306 g/mol. The number of aromatic nitrogens is 1. The molecule has 2 aromatic carbocycles. The zero-order valence-electron chi connectivity index (χ0n) is 13.2. The SMILES string of the molecule is Cc1cc(-c2nc3c(C)cccc3o2)ccc1NC(=O)C1CC1. The number of aryl methyl sites for hydroxylation is 2. The highest BCUT2D eigenvalue weighted by Crippen LogP contribution is 2.32. The number of amides is 1. The Morgan fingerprint density at radius 3 is 2.70 bits per heavy atom. The molecular formula is C19H18N2O2. The van der Waals surface area contributed by atoms with Gasteiger partial charge in [-0.25, -0.2) is 4.98 Å². The lowest BCUT2D eigenvalue weighted by Gasteiger charge is -2.08. The Hall–Kier alpha value is -2.62. The van der Waals surface area contributed by atoms with Gasteiger partial charge in [-0.3, -0.25) is 4.79 Å². The Balaban J connectivity index is 1.66. The van der Waals surface area contributed by atoms with Gasteiger partial charge >= 0.3 is 0 Å². The van der Waals surface area contributed by atoms with Crippen molar-refractivity contribution in [1.82, 2.24) is 4.98 Å². The molecule has 4 rings (SSSR count). The van der Waals surface area contributed by atoms with Crippen LogP contribution in [-0.4, -0.2) is 10.9 Å². The quantitative estimate of drug-likeness (QED) is 0.777. The fraction of sp³-hybridized carbons (Fsp3) is 0.263. The summed E-state index contributed by atoms with van der Waals surface area (Å²) in [6, 6.07) is 11.8. The highest BCUT2D eigenvalue weighted by molar-refractivity contribution is 5.95. The molecule has 0 aliphatic heterocycles. The number of oxazole rings is 1. The van der Waals surface area contributed by atoms with Crippen LogP contribution in [0.25, 0.3) is 22.6 Å². The Morgan fingerprint density at radius 2 is 2.00 bits per heavy atom. The van der Waals surface area contributed by atoms with Gasteiger partial charge in [0.05, 0.1) is 0 Å². The third kappa shape index (κ3) is 2.61. The number of fused-ring (bicyclic) bond motifs is 1. The highest BCUT2D eigenvalue weighted by atomic mass is 16.3. The Bertz CT molecular complexity index is 907. The molecule has 0 bridgehead atoms. The van der Waals surface area contributed by atoms with Crippen LogP contribution in [0, 0.1) is 19.8 Å². The normalized spacial score (nSPS) is 14.2. The number of rotatable bonds is 3. The van der Waals surface area contributed by atoms with Crippen molar-refractivity contribution in [2.24, 2.45) is 5.92 Å². The third-order valence-electron chi connectivity index (χ3n) is 4.30. The van der Waals surface area contributed by atoms with Crippen LogP contribution in [0.2, 0.25) is 0 Å². The molecule has 1 aromatic heterocycles. The summed E-state index contributed by atoms with van der Waals surface area (Å²) in [4.78, 5) is 16.5. The van der Waals surface area contributed by atoms with Gasteiger partial charge in [0.2, 0.25) is 11.8 Å². The topological polar surface area (TPSA) is 55.1 Å². The summed E-state index contributed by atoms with van der Waals surface area (Å²) in [5.41, 5.74) is 5.58. The molecule has 3 aromatic rings. The number of nitrogens with zero attached hydrogens (tertiary/aromatic N) is 1. The van der Waals surface area contributed by atoms with Gasteiger partial charge in [-0.1, -0.05) is 12.1 Å². The molecule has 116 valence electrons. The number of anilines is 1. The summed E-state index contributed by atoms with van der Waals surface area (Å²) in [6.45, 7) is 4.01. The minimum Gasteiger partial charge on any atom is -0.436 e. The molecule has 1 N–H and O–H groups in total. The second-order valence-corrected chi connectivity index (χ2v) is 6.23. The van der Waals surface area contributed by atoms with Crippen LogP contribution in [0.3, 0.4) is 0 Å². The molecule has 4 nitrogen and oxygen atoms in total. The van der Waals surface area contributed by atoms with Crippen LogP contribution in [0.15, 0.2) is 40.8 Å². The smallest absolute Gasteiger partial charge is 0.227 e. The molecule has 1 amide bonds. The first kappa shape index (κ1) is 14.0. The first-order valence-electron chi connectivity index (χ1n) is 7.90. The van der Waals surface area contributed by atoms with Crippen molar-refractivity contribution in [3.63, 3.8) is 0 Å². The van der Waals surface area contributed by atoms with Crippen LogP contribution in [0.1, 0.15) is 24.0 Å². The van der Waals surface area contributed by atoms with Crippen molar-refractivity contribution >= 4 is 22.7 Å². The maximum atomic E-state index is 11.9. The van der Waals surface area contributed by atoms with Crippen molar-refractivity contribution in [3.05, 3.63) is 47.5 Å². The lowest BCUT2D eigenvalue weighted by Crippen LogP contribution is -2.14. The predicted molar refractivity (Wildman–Crippen MR) is 90.3 cm³/mol. The minimum absolute atomic E-state index is 0.123. The van der Waals surface area contributed by atoms with E-state index in [1.807, 2.05) is 50.2 Å². The second kappa shape index (κ2) is 5.23. The zero-order valence-corrected chi connectivity index (χ0v) is 13.2. The lowest BCUT2D eigenvalue weighted by atomic mass is 10.1. The molecule has 1 fully saturated rings. The van der Waals surface area contributed by atoms with Crippen molar-refractivity contribution in [3.8, 4) is 11.5 Å². The third-order valence-corrected chi connectivity index (χ3v) is 4.30. The zero-order chi connectivity index (χ0) is 16.0. The van der Waals surface area contributed by atoms with Gasteiger partial charge in [-0.05, 0) is 62.1 Å². The summed E-state index contributed by atoms with van der Waals surface area (Å²) in [5, 5.41) is 3.00. The molecular weight excluding hydrogens is 288 g/mol. The maximum Gasteiger partial charge on any atom is 0.227 e. The highest BCUT2D eigenvalue weighted by Gasteiger charge is 2.29. The van der Waals surface area contributed by atoms with Gasteiger partial charge < -0.3 is 9.73 Å². The Kier molecular flexibility index (Phi) is 3.18. The monoisotopic (exact) mass is 306 g/mol. The van der Waals surface area contributed by atoms with E-state index in [1.165, 1.54) is 0 Å². The van der Waals surface area contributed by atoms with Gasteiger partial charge in [-0.15, -0.1) is 0 Å². The fourth-order valence-corrected chi connectivity index (χ4v) is 2.73. The largest absolute Gasteiger partial charge is 0.436 e. The predicted octanol–water partition coefficient (Wildman–Crippen LogP) is 4.46. The van der Waals surface area contributed by atoms with Crippen LogP contribution in [0.5, 0.6) is 0 Å². The molecule has 23 heavy (non-hydrogen) atoms. The van der Waals surface area contributed by atoms with Gasteiger partial charge in [-0.2, -0.15) is 0 Å². The molecule has 1 saturated carbocycles. The summed E-state index contributed by atoms with van der Waals surface area (Å²) in [7, 11) is 0. The van der Waals surface area contributed by atoms with E-state index in [0.29, 0.717) is 5.89 Å². The number of nitrogens with one attached hydrogen (secondary N) is 1. The van der Waals surface area contributed by atoms with E-state index in [0.717, 1.165) is 46.3 Å². The number of hydrogen-bond acceptors (Lipinski definition) is 3. The van der Waals surface area contributed by atoms with E-state index in [-0.39, 0.29) is 11.8 Å². The minimum atomic E-state index is 0.123. The summed E-state index contributed by atoms with van der Waals surface area (Å²) in [5.74, 6) is 0.935. The van der Waals surface area contributed by atoms with E-state index in [2.05, 4.69) is 10.3 Å². The van der Waals surface area contributed by atoms with Crippen LogP contribution < -0.4 is 5.32 Å². The van der Waals surface area contributed by atoms with Crippen molar-refractivity contribution in [2.75, 3.05) is 5.32 Å². The number of carbonyl (C=O) groups is 1. The van der Waals surface area contributed by atoms with Crippen LogP contribution in [-0.2, 0) is 4.79 Å². The van der Waals surface area contributed by atoms with Crippen molar-refractivity contribution in [1.29, 1.82) is 0 Å². The Labute approximate surface area is 134 Å². The summed E-state index contributed by atoms with van der Waals surface area (Å²) in [6.07, 6.45) is 2.01. The maximum absolute atomic E-state index is 11.9. The fourth-order valence-electron chi connectivity index (χ4n) is 2.73. The summed E-state index contributed by atoms with van der Waals surface area (Å²) >= 11 is 0. The summed E-state index contributed by atoms with van der Waals surface area (Å²) < 4.78 is 5.86. The van der Waals surface area contributed by atoms with E-state index >= 15 is 0 Å². The molecule has 0 unspecified atom stereocenters. The van der Waals surface area contributed by atoms with Gasteiger partial charge in [0.25, 0.3) is 0 Å². The van der Waals surface area contributed by atoms with E-state index in [9.17, 15) is 4.79 Å². The average Bonchev–Trinajstić information content (AvgIpc) is 3.29. The van der Waals surface area contributed by atoms with Gasteiger partial charge in [0, 0.05) is 17.2 Å². The molecule has 1 aliphatic carbocycles. The van der Waals surface area contributed by atoms with E-state index in [1.54, 1.807) is 0 Å². The molecule has 1 aliphatic rings. The standard InChI is InChI=1S/C19H18N2O2/c1-11-4-3-5-16-17(11)21-19(23-16)14-8-9-15(12(2)10-14)20-18(22)13-6-7-13/h3-5,8-10,13H,6-7H2,1-2H3,(H,20,22).